The standard InChI is InChI=1S/C25H28N2O6S2/c1-18-5-13-24(14-6-18)35(31,32)27(21-9-11-22(33-3)12-10-21)17-25(28)26-19(2)20-7-15-23(16-8-20)34(4,29)30/h5-16,19H,17H2,1-4H3,(H,26,28)/t19-/m0/s1. The highest BCUT2D eigenvalue weighted by Crippen LogP contribution is 2.26. The van der Waals surface area contributed by atoms with Gasteiger partial charge < -0.3 is 10.1 Å². The van der Waals surface area contributed by atoms with Crippen LogP contribution in [0.2, 0.25) is 0 Å². The molecule has 3 aromatic rings. The second-order valence-corrected chi connectivity index (χ2v) is 12.0. The first-order chi connectivity index (χ1) is 16.4. The van der Waals surface area contributed by atoms with Crippen molar-refractivity contribution in [1.29, 1.82) is 0 Å². The van der Waals surface area contributed by atoms with Crippen LogP contribution < -0.4 is 14.4 Å². The summed E-state index contributed by atoms with van der Waals surface area (Å²) in [4.78, 5) is 13.2. The molecular formula is C25H28N2O6S2. The monoisotopic (exact) mass is 516 g/mol. The molecule has 186 valence electrons. The SMILES string of the molecule is COc1ccc(N(CC(=O)N[C@@H](C)c2ccc(S(C)(=O)=O)cc2)S(=O)(=O)c2ccc(C)cc2)cc1. The molecule has 3 aromatic carbocycles. The number of carbonyl (C=O) groups is 1. The summed E-state index contributed by atoms with van der Waals surface area (Å²) in [7, 11) is -5.87. The Morgan fingerprint density at radius 2 is 1.43 bits per heavy atom. The van der Waals surface area contributed by atoms with Crippen molar-refractivity contribution in [3.63, 3.8) is 0 Å². The van der Waals surface area contributed by atoms with E-state index < -0.39 is 38.4 Å². The van der Waals surface area contributed by atoms with Crippen LogP contribution in [0.4, 0.5) is 5.69 Å². The molecule has 0 fully saturated rings. The fraction of sp³-hybridized carbons (Fsp3) is 0.240. The average molecular weight is 517 g/mol. The minimum Gasteiger partial charge on any atom is -0.497 e. The smallest absolute Gasteiger partial charge is 0.264 e. The predicted molar refractivity (Wildman–Crippen MR) is 135 cm³/mol. The minimum atomic E-state index is -4.04. The summed E-state index contributed by atoms with van der Waals surface area (Å²) >= 11 is 0. The number of sulfone groups is 1. The molecule has 3 rings (SSSR count). The topological polar surface area (TPSA) is 110 Å². The fourth-order valence-electron chi connectivity index (χ4n) is 3.41. The van der Waals surface area contributed by atoms with Gasteiger partial charge in [-0.3, -0.25) is 9.10 Å². The highest BCUT2D eigenvalue weighted by molar-refractivity contribution is 7.93. The largest absolute Gasteiger partial charge is 0.497 e. The van der Waals surface area contributed by atoms with Gasteiger partial charge in [-0.2, -0.15) is 0 Å². The number of carbonyl (C=O) groups excluding carboxylic acids is 1. The second-order valence-electron chi connectivity index (χ2n) is 8.15. The number of nitrogens with one attached hydrogen (secondary N) is 1. The maximum absolute atomic E-state index is 13.5. The maximum atomic E-state index is 13.5. The summed E-state index contributed by atoms with van der Waals surface area (Å²) < 4.78 is 56.5. The van der Waals surface area contributed by atoms with Crippen LogP contribution in [0.25, 0.3) is 0 Å². The average Bonchev–Trinajstić information content (AvgIpc) is 2.82. The highest BCUT2D eigenvalue weighted by Gasteiger charge is 2.28. The summed E-state index contributed by atoms with van der Waals surface area (Å²) in [6.07, 6.45) is 1.12. The summed E-state index contributed by atoms with van der Waals surface area (Å²) in [5, 5.41) is 2.79. The van der Waals surface area contributed by atoms with E-state index in [1.807, 2.05) is 6.92 Å². The van der Waals surface area contributed by atoms with Gasteiger partial charge in [0.15, 0.2) is 9.84 Å². The fourth-order valence-corrected chi connectivity index (χ4v) is 5.46. The Hall–Kier alpha value is -3.37. The van der Waals surface area contributed by atoms with Crippen LogP contribution in [0.15, 0.2) is 82.6 Å². The zero-order chi connectivity index (χ0) is 25.8. The van der Waals surface area contributed by atoms with Crippen LogP contribution in [-0.2, 0) is 24.7 Å². The van der Waals surface area contributed by atoms with Crippen LogP contribution in [0.1, 0.15) is 24.1 Å². The molecule has 0 aromatic heterocycles. The van der Waals surface area contributed by atoms with E-state index in [0.29, 0.717) is 17.0 Å². The number of hydrogen-bond acceptors (Lipinski definition) is 6. The molecule has 0 radical (unpaired) electrons. The Morgan fingerprint density at radius 1 is 0.886 bits per heavy atom. The predicted octanol–water partition coefficient (Wildman–Crippen LogP) is 3.48. The number of aryl methyl sites for hydroxylation is 1. The van der Waals surface area contributed by atoms with Gasteiger partial charge in [-0.15, -0.1) is 0 Å². The number of methoxy groups -OCH3 is 1. The molecule has 0 heterocycles. The van der Waals surface area contributed by atoms with Crippen molar-refractivity contribution in [2.75, 3.05) is 24.2 Å². The first kappa shape index (κ1) is 26.2. The molecule has 1 amide bonds. The van der Waals surface area contributed by atoms with E-state index in [0.717, 1.165) is 16.1 Å². The lowest BCUT2D eigenvalue weighted by Crippen LogP contribution is -2.41. The van der Waals surface area contributed by atoms with Gasteiger partial charge in [0.05, 0.1) is 28.6 Å². The minimum absolute atomic E-state index is 0.0659. The van der Waals surface area contributed by atoms with E-state index in [1.165, 1.54) is 31.4 Å². The Labute approximate surface area is 206 Å². The third-order valence-corrected chi connectivity index (χ3v) is 8.36. The van der Waals surface area contributed by atoms with E-state index >= 15 is 0 Å². The molecule has 8 nitrogen and oxygen atoms in total. The number of rotatable bonds is 9. The third-order valence-electron chi connectivity index (χ3n) is 5.44. The maximum Gasteiger partial charge on any atom is 0.264 e. The van der Waals surface area contributed by atoms with Gasteiger partial charge in [0, 0.05) is 6.26 Å². The highest BCUT2D eigenvalue weighted by atomic mass is 32.2. The lowest BCUT2D eigenvalue weighted by atomic mass is 10.1. The van der Waals surface area contributed by atoms with Crippen molar-refractivity contribution in [3.05, 3.63) is 83.9 Å². The summed E-state index contributed by atoms with van der Waals surface area (Å²) in [5.74, 6) is 0.0354. The third kappa shape index (κ3) is 6.40. The van der Waals surface area contributed by atoms with Crippen molar-refractivity contribution in [3.8, 4) is 5.75 Å². The first-order valence-electron chi connectivity index (χ1n) is 10.7. The molecule has 0 saturated carbocycles. The molecule has 1 N–H and O–H groups in total. The van der Waals surface area contributed by atoms with Crippen molar-refractivity contribution in [2.24, 2.45) is 0 Å². The molecule has 0 aliphatic heterocycles. The zero-order valence-corrected chi connectivity index (χ0v) is 21.6. The first-order valence-corrected chi connectivity index (χ1v) is 14.1. The number of benzene rings is 3. The molecule has 0 bridgehead atoms. The molecule has 1 atom stereocenters. The second kappa shape index (κ2) is 10.5. The van der Waals surface area contributed by atoms with Gasteiger partial charge in [0.25, 0.3) is 10.0 Å². The van der Waals surface area contributed by atoms with Gasteiger partial charge in [0.1, 0.15) is 12.3 Å². The lowest BCUT2D eigenvalue weighted by molar-refractivity contribution is -0.120. The van der Waals surface area contributed by atoms with Crippen LogP contribution in [0.3, 0.4) is 0 Å². The molecule has 0 saturated heterocycles. The van der Waals surface area contributed by atoms with Crippen LogP contribution in [0.5, 0.6) is 5.75 Å². The normalized spacial score (nSPS) is 12.6. The number of sulfonamides is 1. The molecule has 0 aliphatic rings. The molecule has 0 aliphatic carbocycles. The van der Waals surface area contributed by atoms with E-state index in [4.69, 9.17) is 4.74 Å². The van der Waals surface area contributed by atoms with Crippen molar-refractivity contribution >= 4 is 31.5 Å². The van der Waals surface area contributed by atoms with Gasteiger partial charge in [-0.05, 0) is 67.9 Å². The number of nitrogens with zero attached hydrogens (tertiary/aromatic N) is 1. The number of amides is 1. The molecule has 0 spiro atoms. The summed E-state index contributed by atoms with van der Waals surface area (Å²) in [5.41, 5.74) is 1.91. The van der Waals surface area contributed by atoms with Crippen LogP contribution in [0, 0.1) is 6.92 Å². The van der Waals surface area contributed by atoms with Crippen LogP contribution in [-0.4, -0.2) is 42.7 Å². The van der Waals surface area contributed by atoms with E-state index in [-0.39, 0.29) is 9.79 Å². The van der Waals surface area contributed by atoms with Gasteiger partial charge in [0.2, 0.25) is 5.91 Å². The molecular weight excluding hydrogens is 488 g/mol. The van der Waals surface area contributed by atoms with Crippen LogP contribution >= 0.6 is 0 Å². The molecule has 10 heteroatoms. The zero-order valence-electron chi connectivity index (χ0n) is 19.9. The lowest BCUT2D eigenvalue weighted by Gasteiger charge is -2.25. The number of ether oxygens (including phenoxy) is 1. The van der Waals surface area contributed by atoms with E-state index in [1.54, 1.807) is 55.5 Å². The Morgan fingerprint density at radius 3 is 1.94 bits per heavy atom. The Bertz CT molecular complexity index is 1380. The number of hydrogen-bond donors (Lipinski definition) is 1. The Kier molecular flexibility index (Phi) is 7.86. The molecule has 0 unspecified atom stereocenters. The van der Waals surface area contributed by atoms with Crippen molar-refractivity contribution in [2.45, 2.75) is 29.7 Å². The van der Waals surface area contributed by atoms with Crippen molar-refractivity contribution < 1.29 is 26.4 Å². The van der Waals surface area contributed by atoms with Gasteiger partial charge >= 0.3 is 0 Å². The Balaban J connectivity index is 1.86. The van der Waals surface area contributed by atoms with Gasteiger partial charge in [-0.1, -0.05) is 29.8 Å². The quantitative estimate of drug-likeness (QED) is 0.466. The van der Waals surface area contributed by atoms with Gasteiger partial charge in [-0.25, -0.2) is 16.8 Å². The van der Waals surface area contributed by atoms with E-state index in [9.17, 15) is 21.6 Å². The summed E-state index contributed by atoms with van der Waals surface area (Å²) in [6.45, 7) is 3.14. The molecule has 35 heavy (non-hydrogen) atoms. The van der Waals surface area contributed by atoms with E-state index in [2.05, 4.69) is 5.32 Å². The summed E-state index contributed by atoms with van der Waals surface area (Å²) in [6, 6.07) is 18.5. The number of anilines is 1. The van der Waals surface area contributed by atoms with Crippen molar-refractivity contribution in [1.82, 2.24) is 5.32 Å².